The molecule has 2 heterocycles. The van der Waals surface area contributed by atoms with Gasteiger partial charge in [-0.05, 0) is 53.6 Å². The SMILES string of the molecule is O=C(O)c1cncc(CC(=O)N2CCC(Oc3ccc(OCc4cccc(F)c4)cc3)CC2)c1. The molecule has 1 aliphatic rings. The second kappa shape index (κ2) is 10.8. The van der Waals surface area contributed by atoms with Crippen molar-refractivity contribution in [1.82, 2.24) is 9.88 Å². The van der Waals surface area contributed by atoms with Gasteiger partial charge in [-0.15, -0.1) is 0 Å². The van der Waals surface area contributed by atoms with Crippen LogP contribution in [0.5, 0.6) is 11.5 Å². The largest absolute Gasteiger partial charge is 0.490 e. The molecule has 0 atom stereocenters. The van der Waals surface area contributed by atoms with Gasteiger partial charge in [0.15, 0.2) is 0 Å². The summed E-state index contributed by atoms with van der Waals surface area (Å²) in [4.78, 5) is 29.4. The summed E-state index contributed by atoms with van der Waals surface area (Å²) >= 11 is 0. The highest BCUT2D eigenvalue weighted by atomic mass is 19.1. The summed E-state index contributed by atoms with van der Waals surface area (Å²) in [5.74, 6) is -0.0200. The van der Waals surface area contributed by atoms with E-state index < -0.39 is 5.97 Å². The Morgan fingerprint density at radius 2 is 1.74 bits per heavy atom. The number of piperidine rings is 1. The minimum absolute atomic E-state index is 0.000109. The van der Waals surface area contributed by atoms with E-state index in [2.05, 4.69) is 4.98 Å². The number of aromatic nitrogens is 1. The van der Waals surface area contributed by atoms with Gasteiger partial charge in [0.25, 0.3) is 0 Å². The second-order valence-corrected chi connectivity index (χ2v) is 8.15. The van der Waals surface area contributed by atoms with Crippen molar-refractivity contribution in [3.63, 3.8) is 0 Å². The van der Waals surface area contributed by atoms with Crippen LogP contribution in [0.25, 0.3) is 0 Å². The topological polar surface area (TPSA) is 89.0 Å². The molecule has 0 aliphatic carbocycles. The van der Waals surface area contributed by atoms with Gasteiger partial charge in [-0.3, -0.25) is 9.78 Å². The third-order valence-corrected chi connectivity index (χ3v) is 5.61. The van der Waals surface area contributed by atoms with Crippen LogP contribution < -0.4 is 9.47 Å². The third-order valence-electron chi connectivity index (χ3n) is 5.61. The van der Waals surface area contributed by atoms with Gasteiger partial charge < -0.3 is 19.5 Å². The summed E-state index contributed by atoms with van der Waals surface area (Å²) in [6.07, 6.45) is 4.32. The molecule has 1 aliphatic heterocycles. The number of rotatable bonds is 8. The van der Waals surface area contributed by atoms with E-state index in [1.165, 1.54) is 30.6 Å². The Bertz CT molecular complexity index is 1140. The number of halogens is 1. The van der Waals surface area contributed by atoms with Crippen molar-refractivity contribution in [2.45, 2.75) is 32.0 Å². The molecule has 0 unspecified atom stereocenters. The van der Waals surface area contributed by atoms with Crippen molar-refractivity contribution < 1.29 is 28.6 Å². The fourth-order valence-electron chi connectivity index (χ4n) is 3.81. The van der Waals surface area contributed by atoms with Crippen molar-refractivity contribution >= 4 is 11.9 Å². The Hall–Kier alpha value is -3.94. The van der Waals surface area contributed by atoms with Crippen molar-refractivity contribution in [2.24, 2.45) is 0 Å². The number of carbonyl (C=O) groups excluding carboxylic acids is 1. The molecule has 1 aromatic heterocycles. The van der Waals surface area contributed by atoms with Crippen LogP contribution in [0.1, 0.15) is 34.3 Å². The lowest BCUT2D eigenvalue weighted by molar-refractivity contribution is -0.132. The van der Waals surface area contributed by atoms with E-state index in [9.17, 15) is 14.0 Å². The number of aromatic carboxylic acids is 1. The van der Waals surface area contributed by atoms with Gasteiger partial charge in [0, 0.05) is 38.3 Å². The molecule has 176 valence electrons. The van der Waals surface area contributed by atoms with Crippen LogP contribution in [0.15, 0.2) is 67.0 Å². The predicted octanol–water partition coefficient (Wildman–Crippen LogP) is 4.11. The van der Waals surface area contributed by atoms with Crippen LogP contribution in [0.2, 0.25) is 0 Å². The molecule has 0 bridgehead atoms. The third kappa shape index (κ3) is 6.31. The maximum Gasteiger partial charge on any atom is 0.337 e. The highest BCUT2D eigenvalue weighted by Crippen LogP contribution is 2.23. The zero-order valence-corrected chi connectivity index (χ0v) is 18.5. The minimum atomic E-state index is -1.06. The van der Waals surface area contributed by atoms with Crippen molar-refractivity contribution in [2.75, 3.05) is 13.1 Å². The molecule has 3 aromatic rings. The monoisotopic (exact) mass is 464 g/mol. The van der Waals surface area contributed by atoms with Gasteiger partial charge in [-0.1, -0.05) is 12.1 Å². The molecule has 7 nitrogen and oxygen atoms in total. The number of nitrogens with zero attached hydrogens (tertiary/aromatic N) is 2. The summed E-state index contributed by atoms with van der Waals surface area (Å²) in [6.45, 7) is 1.43. The van der Waals surface area contributed by atoms with Crippen LogP contribution in [0.3, 0.4) is 0 Å². The number of ether oxygens (including phenoxy) is 2. The number of carboxylic acid groups (broad SMARTS) is 1. The Balaban J connectivity index is 1.22. The highest BCUT2D eigenvalue weighted by Gasteiger charge is 2.24. The lowest BCUT2D eigenvalue weighted by atomic mass is 10.1. The Morgan fingerprint density at radius 1 is 1.00 bits per heavy atom. The quantitative estimate of drug-likeness (QED) is 0.540. The van der Waals surface area contributed by atoms with Crippen LogP contribution in [-0.2, 0) is 17.8 Å². The molecule has 1 N–H and O–H groups in total. The zero-order chi connectivity index (χ0) is 23.9. The molecule has 0 saturated carbocycles. The maximum atomic E-state index is 13.3. The fourth-order valence-corrected chi connectivity index (χ4v) is 3.81. The second-order valence-electron chi connectivity index (χ2n) is 8.15. The number of hydrogen-bond donors (Lipinski definition) is 1. The van der Waals surface area contributed by atoms with Gasteiger partial charge in [0.2, 0.25) is 5.91 Å². The van der Waals surface area contributed by atoms with Crippen LogP contribution >= 0.6 is 0 Å². The standard InChI is InChI=1S/C26H25FN2O5/c27-21-3-1-2-18(13-21)17-33-22-4-6-23(7-5-22)34-24-8-10-29(11-9-24)25(30)14-19-12-20(26(31)32)16-28-15-19/h1-7,12-13,15-16,24H,8-11,14,17H2,(H,31,32). The molecule has 4 rings (SSSR count). The van der Waals surface area contributed by atoms with Crippen molar-refractivity contribution in [3.05, 3.63) is 89.5 Å². The number of likely N-dealkylation sites (tertiary alicyclic amines) is 1. The highest BCUT2D eigenvalue weighted by molar-refractivity contribution is 5.88. The molecule has 1 fully saturated rings. The van der Waals surface area contributed by atoms with E-state index in [0.29, 0.717) is 37.2 Å². The first-order chi connectivity index (χ1) is 16.5. The average Bonchev–Trinajstić information content (AvgIpc) is 2.84. The number of amides is 1. The van der Waals surface area contributed by atoms with Gasteiger partial charge in [-0.25, -0.2) is 9.18 Å². The molecule has 2 aromatic carbocycles. The molecule has 1 amide bonds. The van der Waals surface area contributed by atoms with Crippen LogP contribution in [0.4, 0.5) is 4.39 Å². The fraction of sp³-hybridized carbons (Fsp3) is 0.269. The van der Waals surface area contributed by atoms with Crippen molar-refractivity contribution in [1.29, 1.82) is 0 Å². The molecule has 34 heavy (non-hydrogen) atoms. The van der Waals surface area contributed by atoms with E-state index in [-0.39, 0.29) is 36.4 Å². The smallest absolute Gasteiger partial charge is 0.337 e. The first kappa shape index (κ1) is 23.2. The number of carboxylic acids is 1. The number of carbonyl (C=O) groups is 2. The Morgan fingerprint density at radius 3 is 2.44 bits per heavy atom. The average molecular weight is 464 g/mol. The first-order valence-electron chi connectivity index (χ1n) is 11.1. The number of pyridine rings is 1. The number of hydrogen-bond acceptors (Lipinski definition) is 5. The summed E-state index contributed by atoms with van der Waals surface area (Å²) in [6, 6.07) is 15.1. The zero-order valence-electron chi connectivity index (χ0n) is 18.5. The summed E-state index contributed by atoms with van der Waals surface area (Å²) < 4.78 is 25.0. The summed E-state index contributed by atoms with van der Waals surface area (Å²) in [7, 11) is 0. The van der Waals surface area contributed by atoms with E-state index in [0.717, 1.165) is 11.3 Å². The lowest BCUT2D eigenvalue weighted by Gasteiger charge is -2.32. The molecule has 0 spiro atoms. The van der Waals surface area contributed by atoms with E-state index in [1.807, 2.05) is 30.3 Å². The first-order valence-corrected chi connectivity index (χ1v) is 11.1. The maximum absolute atomic E-state index is 13.3. The molecular weight excluding hydrogens is 439 g/mol. The van der Waals surface area contributed by atoms with Gasteiger partial charge in [-0.2, -0.15) is 0 Å². The van der Waals surface area contributed by atoms with Crippen LogP contribution in [0, 0.1) is 5.82 Å². The van der Waals surface area contributed by atoms with Gasteiger partial charge in [0.1, 0.15) is 30.0 Å². The Labute approximate surface area is 196 Å². The van der Waals surface area contributed by atoms with E-state index in [4.69, 9.17) is 14.6 Å². The van der Waals surface area contributed by atoms with E-state index in [1.54, 1.807) is 11.0 Å². The predicted molar refractivity (Wildman–Crippen MR) is 122 cm³/mol. The normalized spacial score (nSPS) is 14.0. The Kier molecular flexibility index (Phi) is 7.37. The van der Waals surface area contributed by atoms with E-state index >= 15 is 0 Å². The summed E-state index contributed by atoms with van der Waals surface area (Å²) in [5.41, 5.74) is 1.42. The lowest BCUT2D eigenvalue weighted by Crippen LogP contribution is -2.42. The van der Waals surface area contributed by atoms with Crippen molar-refractivity contribution in [3.8, 4) is 11.5 Å². The molecular formula is C26H25FN2O5. The minimum Gasteiger partial charge on any atom is -0.490 e. The summed E-state index contributed by atoms with van der Waals surface area (Å²) in [5, 5.41) is 9.07. The van der Waals surface area contributed by atoms with Gasteiger partial charge >= 0.3 is 5.97 Å². The number of benzene rings is 2. The van der Waals surface area contributed by atoms with Crippen LogP contribution in [-0.4, -0.2) is 46.1 Å². The van der Waals surface area contributed by atoms with Gasteiger partial charge in [0.05, 0.1) is 12.0 Å². The molecule has 1 saturated heterocycles. The molecule has 8 heteroatoms. The molecule has 0 radical (unpaired) electrons.